The van der Waals surface area contributed by atoms with E-state index < -0.39 is 16.2 Å². The summed E-state index contributed by atoms with van der Waals surface area (Å²) in [5.41, 5.74) is -0.190. The lowest BCUT2D eigenvalue weighted by Crippen LogP contribution is -2.41. The molecule has 8 nitrogen and oxygen atoms in total. The highest BCUT2D eigenvalue weighted by molar-refractivity contribution is 7.90. The van der Waals surface area contributed by atoms with Crippen LogP contribution >= 0.6 is 0 Å². The van der Waals surface area contributed by atoms with E-state index in [0.29, 0.717) is 19.0 Å². The van der Waals surface area contributed by atoms with Crippen LogP contribution in [0.5, 0.6) is 0 Å². The molecule has 1 aliphatic rings. The van der Waals surface area contributed by atoms with E-state index in [1.165, 1.54) is 17.5 Å². The number of aromatic nitrogens is 2. The van der Waals surface area contributed by atoms with Gasteiger partial charge >= 0.3 is 16.2 Å². The molecule has 1 fully saturated rings. The molecule has 0 bridgehead atoms. The largest absolute Gasteiger partial charge is 0.476 e. The van der Waals surface area contributed by atoms with Gasteiger partial charge in [0.1, 0.15) is 5.69 Å². The number of aromatic carboxylic acids is 1. The average molecular weight is 316 g/mol. The standard InChI is InChI=1S/C12H20N4O4S/c1-3-9-4-6-16(7-5-9)21(19,20)14-10-8-13-15(2)11(10)12(17)18/h8-9,14H,3-7H2,1-2H3,(H,17,18). The molecule has 1 aliphatic heterocycles. The molecule has 1 saturated heterocycles. The Morgan fingerprint density at radius 1 is 1.48 bits per heavy atom. The van der Waals surface area contributed by atoms with Gasteiger partial charge in [-0.15, -0.1) is 0 Å². The molecular formula is C12H20N4O4S. The van der Waals surface area contributed by atoms with Crippen molar-refractivity contribution in [2.24, 2.45) is 13.0 Å². The lowest BCUT2D eigenvalue weighted by Gasteiger charge is -2.30. The number of hydrogen-bond acceptors (Lipinski definition) is 4. The normalized spacial score (nSPS) is 17.8. The van der Waals surface area contributed by atoms with E-state index in [-0.39, 0.29) is 11.4 Å². The second kappa shape index (κ2) is 6.02. The number of carboxylic acids is 1. The van der Waals surface area contributed by atoms with E-state index in [9.17, 15) is 13.2 Å². The third kappa shape index (κ3) is 3.35. The van der Waals surface area contributed by atoms with E-state index in [1.807, 2.05) is 0 Å². The first-order valence-electron chi connectivity index (χ1n) is 6.88. The van der Waals surface area contributed by atoms with E-state index in [0.717, 1.165) is 23.9 Å². The molecule has 0 aromatic carbocycles. The van der Waals surface area contributed by atoms with Gasteiger partial charge in [0.05, 0.1) is 6.20 Å². The number of carbonyl (C=O) groups is 1. The van der Waals surface area contributed by atoms with E-state index in [2.05, 4.69) is 16.7 Å². The quantitative estimate of drug-likeness (QED) is 0.839. The van der Waals surface area contributed by atoms with Gasteiger partial charge in [-0.3, -0.25) is 9.40 Å². The SMILES string of the molecule is CCC1CCN(S(=O)(=O)Nc2cnn(C)c2C(=O)O)CC1. The Bertz CT molecular complexity index is 617. The molecule has 0 saturated carbocycles. The van der Waals surface area contributed by atoms with Crippen LogP contribution in [0.1, 0.15) is 36.7 Å². The molecule has 2 heterocycles. The minimum Gasteiger partial charge on any atom is -0.476 e. The van der Waals surface area contributed by atoms with Gasteiger partial charge in [0, 0.05) is 20.1 Å². The Hall–Kier alpha value is -1.61. The van der Waals surface area contributed by atoms with Gasteiger partial charge < -0.3 is 5.11 Å². The number of anilines is 1. The summed E-state index contributed by atoms with van der Waals surface area (Å²) in [6, 6.07) is 0. The first-order valence-corrected chi connectivity index (χ1v) is 8.32. The molecule has 0 spiro atoms. The van der Waals surface area contributed by atoms with Crippen LogP contribution in [0.2, 0.25) is 0 Å². The summed E-state index contributed by atoms with van der Waals surface area (Å²) in [6.07, 6.45) is 3.92. The second-order valence-corrected chi connectivity index (χ2v) is 6.86. The fraction of sp³-hybridized carbons (Fsp3) is 0.667. The van der Waals surface area contributed by atoms with Crippen molar-refractivity contribution in [3.63, 3.8) is 0 Å². The lowest BCUT2D eigenvalue weighted by atomic mass is 9.96. The third-order valence-electron chi connectivity index (χ3n) is 3.87. The van der Waals surface area contributed by atoms with Gasteiger partial charge in [0.15, 0.2) is 5.69 Å². The summed E-state index contributed by atoms with van der Waals surface area (Å²) in [4.78, 5) is 11.1. The number of nitrogens with one attached hydrogen (secondary N) is 1. The summed E-state index contributed by atoms with van der Waals surface area (Å²) >= 11 is 0. The van der Waals surface area contributed by atoms with Gasteiger partial charge in [-0.1, -0.05) is 13.3 Å². The summed E-state index contributed by atoms with van der Waals surface area (Å²) in [5.74, 6) is -0.665. The maximum absolute atomic E-state index is 12.3. The van der Waals surface area contributed by atoms with Crippen LogP contribution < -0.4 is 4.72 Å². The molecule has 0 unspecified atom stereocenters. The fourth-order valence-electron chi connectivity index (χ4n) is 2.53. The lowest BCUT2D eigenvalue weighted by molar-refractivity contribution is 0.0686. The van der Waals surface area contributed by atoms with Crippen LogP contribution in [0.15, 0.2) is 6.20 Å². The molecule has 0 atom stereocenters. The minimum atomic E-state index is -3.74. The van der Waals surface area contributed by atoms with Crippen molar-refractivity contribution in [2.75, 3.05) is 17.8 Å². The summed E-state index contributed by atoms with van der Waals surface area (Å²) in [6.45, 7) is 3.01. The van der Waals surface area contributed by atoms with Gasteiger partial charge in [-0.25, -0.2) is 4.79 Å². The van der Waals surface area contributed by atoms with E-state index >= 15 is 0 Å². The molecule has 1 aromatic rings. The van der Waals surface area contributed by atoms with Crippen LogP contribution in [0.4, 0.5) is 5.69 Å². The molecular weight excluding hydrogens is 296 g/mol. The molecule has 9 heteroatoms. The number of hydrogen-bond donors (Lipinski definition) is 2. The van der Waals surface area contributed by atoms with Gasteiger partial charge in [0.25, 0.3) is 0 Å². The van der Waals surface area contributed by atoms with Crippen LogP contribution in [0.3, 0.4) is 0 Å². The Balaban J connectivity index is 2.14. The van der Waals surface area contributed by atoms with Crippen LogP contribution in [0, 0.1) is 5.92 Å². The van der Waals surface area contributed by atoms with E-state index in [4.69, 9.17) is 5.11 Å². The highest BCUT2D eigenvalue weighted by atomic mass is 32.2. The summed E-state index contributed by atoms with van der Waals surface area (Å²) < 4.78 is 29.5. The van der Waals surface area contributed by atoms with Gasteiger partial charge in [0.2, 0.25) is 0 Å². The molecule has 0 aliphatic carbocycles. The zero-order chi connectivity index (χ0) is 15.6. The highest BCUT2D eigenvalue weighted by Crippen LogP contribution is 2.23. The molecule has 2 rings (SSSR count). The van der Waals surface area contributed by atoms with Crippen molar-refractivity contribution >= 4 is 21.9 Å². The number of rotatable bonds is 5. The zero-order valence-electron chi connectivity index (χ0n) is 12.1. The predicted octanol–water partition coefficient (Wildman–Crippen LogP) is 0.897. The number of aryl methyl sites for hydroxylation is 1. The number of nitrogens with zero attached hydrogens (tertiary/aromatic N) is 3. The monoisotopic (exact) mass is 316 g/mol. The smallest absolute Gasteiger partial charge is 0.356 e. The molecule has 0 amide bonds. The Morgan fingerprint density at radius 2 is 2.10 bits per heavy atom. The number of piperidine rings is 1. The fourth-order valence-corrected chi connectivity index (χ4v) is 3.78. The summed E-state index contributed by atoms with van der Waals surface area (Å²) in [7, 11) is -2.29. The molecule has 21 heavy (non-hydrogen) atoms. The highest BCUT2D eigenvalue weighted by Gasteiger charge is 2.29. The second-order valence-electron chi connectivity index (χ2n) is 5.19. The van der Waals surface area contributed by atoms with Crippen LogP contribution in [-0.4, -0.2) is 46.7 Å². The Labute approximate surface area is 123 Å². The van der Waals surface area contributed by atoms with Gasteiger partial charge in [-0.2, -0.15) is 17.8 Å². The molecule has 0 radical (unpaired) electrons. The minimum absolute atomic E-state index is 0.0115. The molecule has 1 aromatic heterocycles. The van der Waals surface area contributed by atoms with Gasteiger partial charge in [-0.05, 0) is 18.8 Å². The number of carboxylic acid groups (broad SMARTS) is 1. The van der Waals surface area contributed by atoms with Crippen molar-refractivity contribution in [1.29, 1.82) is 0 Å². The molecule has 118 valence electrons. The maximum Gasteiger partial charge on any atom is 0.356 e. The maximum atomic E-state index is 12.3. The van der Waals surface area contributed by atoms with Crippen molar-refractivity contribution in [3.8, 4) is 0 Å². The van der Waals surface area contributed by atoms with Crippen molar-refractivity contribution in [1.82, 2.24) is 14.1 Å². The Kier molecular flexibility index (Phi) is 4.52. The van der Waals surface area contributed by atoms with Crippen LogP contribution in [-0.2, 0) is 17.3 Å². The van der Waals surface area contributed by atoms with Crippen molar-refractivity contribution in [2.45, 2.75) is 26.2 Å². The van der Waals surface area contributed by atoms with Crippen LogP contribution in [0.25, 0.3) is 0 Å². The zero-order valence-corrected chi connectivity index (χ0v) is 12.9. The Morgan fingerprint density at radius 3 is 2.62 bits per heavy atom. The summed E-state index contributed by atoms with van der Waals surface area (Å²) in [5, 5.41) is 12.9. The topological polar surface area (TPSA) is 105 Å². The first kappa shape index (κ1) is 15.8. The predicted molar refractivity (Wildman–Crippen MR) is 77.3 cm³/mol. The molecule has 2 N–H and O–H groups in total. The van der Waals surface area contributed by atoms with E-state index in [1.54, 1.807) is 0 Å². The van der Waals surface area contributed by atoms with Crippen molar-refractivity contribution < 1.29 is 18.3 Å². The first-order chi connectivity index (χ1) is 9.85. The average Bonchev–Trinajstić information content (AvgIpc) is 2.79. The van der Waals surface area contributed by atoms with Crippen molar-refractivity contribution in [3.05, 3.63) is 11.9 Å². The third-order valence-corrected chi connectivity index (χ3v) is 5.39.